The number of rotatable bonds is 11. The molecular formula is C28H47NO8S. The van der Waals surface area contributed by atoms with E-state index >= 15 is 0 Å². The molecule has 38 heavy (non-hydrogen) atoms. The number of ether oxygens (including phenoxy) is 4. The number of hydrogen-bond acceptors (Lipinski definition) is 9. The Hall–Kier alpha value is -1.43. The Morgan fingerprint density at radius 3 is 2.58 bits per heavy atom. The van der Waals surface area contributed by atoms with E-state index in [0.717, 1.165) is 12.0 Å². The first-order valence-electron chi connectivity index (χ1n) is 13.4. The van der Waals surface area contributed by atoms with Gasteiger partial charge in [-0.1, -0.05) is 30.7 Å². The van der Waals surface area contributed by atoms with Gasteiger partial charge in [0.15, 0.2) is 5.79 Å². The molecule has 2 heterocycles. The number of nitrogens with one attached hydrogen (secondary N) is 1. The van der Waals surface area contributed by atoms with Gasteiger partial charge in [0.2, 0.25) is 5.91 Å². The van der Waals surface area contributed by atoms with Crippen molar-refractivity contribution in [1.82, 2.24) is 5.32 Å². The molecule has 10 heteroatoms. The Labute approximate surface area is 232 Å². The highest BCUT2D eigenvalue weighted by molar-refractivity contribution is 7.80. The van der Waals surface area contributed by atoms with Crippen LogP contribution in [-0.4, -0.2) is 82.9 Å². The third-order valence-corrected chi connectivity index (χ3v) is 8.06. The summed E-state index contributed by atoms with van der Waals surface area (Å²) in [7, 11) is 1.51. The molecule has 0 aromatic carbocycles. The highest BCUT2D eigenvalue weighted by Crippen LogP contribution is 2.38. The predicted molar refractivity (Wildman–Crippen MR) is 148 cm³/mol. The van der Waals surface area contributed by atoms with Crippen molar-refractivity contribution in [3.63, 3.8) is 0 Å². The molecule has 0 saturated carbocycles. The quantitative estimate of drug-likeness (QED) is 0.174. The average Bonchev–Trinajstić information content (AvgIpc) is 2.85. The zero-order valence-electron chi connectivity index (χ0n) is 23.8. The van der Waals surface area contributed by atoms with Crippen molar-refractivity contribution in [3.8, 4) is 0 Å². The first-order chi connectivity index (χ1) is 17.7. The summed E-state index contributed by atoms with van der Waals surface area (Å²) < 4.78 is 22.7. The third kappa shape index (κ3) is 9.34. The van der Waals surface area contributed by atoms with Crippen LogP contribution in [-0.2, 0) is 28.5 Å². The Balaban J connectivity index is 1.90. The van der Waals surface area contributed by atoms with Gasteiger partial charge in [0.1, 0.15) is 17.8 Å². The number of aliphatic hydroxyl groups excluding tert-OH is 1. The first kappa shape index (κ1) is 32.8. The van der Waals surface area contributed by atoms with E-state index in [4.69, 9.17) is 18.9 Å². The van der Waals surface area contributed by atoms with Crippen LogP contribution in [0.3, 0.4) is 0 Å². The van der Waals surface area contributed by atoms with E-state index in [1.807, 2.05) is 19.9 Å². The van der Waals surface area contributed by atoms with Crippen LogP contribution in [0.4, 0.5) is 0 Å². The van der Waals surface area contributed by atoms with Gasteiger partial charge >= 0.3 is 5.97 Å². The van der Waals surface area contributed by atoms with Crippen LogP contribution in [0.2, 0.25) is 0 Å². The molecular weight excluding hydrogens is 510 g/mol. The van der Waals surface area contributed by atoms with Crippen LogP contribution in [0.15, 0.2) is 23.8 Å². The molecule has 3 N–H and O–H groups in total. The zero-order chi connectivity index (χ0) is 28.7. The van der Waals surface area contributed by atoms with Gasteiger partial charge in [-0.15, -0.1) is 0 Å². The van der Waals surface area contributed by atoms with E-state index in [1.165, 1.54) is 14.0 Å². The molecule has 0 bridgehead atoms. The van der Waals surface area contributed by atoms with Gasteiger partial charge in [0.05, 0.1) is 24.4 Å². The normalized spacial score (nSPS) is 37.2. The molecule has 218 valence electrons. The van der Waals surface area contributed by atoms with Crippen LogP contribution < -0.4 is 5.32 Å². The van der Waals surface area contributed by atoms with Crippen LogP contribution in [0.25, 0.3) is 0 Å². The number of thiol groups is 1. The summed E-state index contributed by atoms with van der Waals surface area (Å²) in [4.78, 5) is 23.4. The summed E-state index contributed by atoms with van der Waals surface area (Å²) in [5.74, 6) is -1.13. The molecule has 0 radical (unpaired) electrons. The van der Waals surface area contributed by atoms with Crippen LogP contribution in [0, 0.1) is 5.92 Å². The summed E-state index contributed by atoms with van der Waals surface area (Å²) in [5.41, 5.74) is -0.451. The number of methoxy groups -OCH3 is 1. The Morgan fingerprint density at radius 2 is 1.97 bits per heavy atom. The summed E-state index contributed by atoms with van der Waals surface area (Å²) in [6, 6.07) is -0.0756. The van der Waals surface area contributed by atoms with Crippen LogP contribution in [0.5, 0.6) is 0 Å². The fraction of sp³-hybridized carbons (Fsp3) is 0.786. The Bertz CT molecular complexity index is 866. The van der Waals surface area contributed by atoms with E-state index in [1.54, 1.807) is 19.9 Å². The fourth-order valence-corrected chi connectivity index (χ4v) is 5.36. The van der Waals surface area contributed by atoms with Gasteiger partial charge < -0.3 is 34.5 Å². The number of esters is 1. The van der Waals surface area contributed by atoms with Gasteiger partial charge in [0.25, 0.3) is 0 Å². The second-order valence-corrected chi connectivity index (χ2v) is 11.4. The van der Waals surface area contributed by atoms with Gasteiger partial charge in [-0.25, -0.2) is 0 Å². The number of hydrogen-bond donors (Lipinski definition) is 4. The number of carbonyl (C=O) groups excluding carboxylic acids is 2. The standard InChI is InChI=1S/C28H47NO8S/c1-17(9-12-24-26(32)28(33,16-38)15-27(6,34-7)37-24)8-11-23-18(2)14-22(20(4)36-23)29-25(31)13-10-19(3)35-21(5)30/h8-9,12,18-20,22-24,26,32-33,38H,10-11,13-16H2,1-7H3,(H,29,31)/b12-9-,17-8+/t18-,19+,20-,22+,23+,24+,26+,27+,28-/m0/s1. The minimum absolute atomic E-state index is 0.00747. The molecule has 0 spiro atoms. The summed E-state index contributed by atoms with van der Waals surface area (Å²) >= 11 is 4.23. The topological polar surface area (TPSA) is 124 Å². The van der Waals surface area contributed by atoms with Crippen molar-refractivity contribution in [2.75, 3.05) is 12.9 Å². The number of aliphatic hydroxyl groups is 2. The largest absolute Gasteiger partial charge is 0.463 e. The van der Waals surface area contributed by atoms with E-state index in [-0.39, 0.29) is 60.7 Å². The number of amides is 1. The molecule has 2 fully saturated rings. The van der Waals surface area contributed by atoms with Crippen molar-refractivity contribution in [3.05, 3.63) is 23.8 Å². The van der Waals surface area contributed by atoms with Gasteiger partial charge in [-0.05, 0) is 52.9 Å². The first-order valence-corrected chi connectivity index (χ1v) is 14.1. The monoisotopic (exact) mass is 557 g/mol. The maximum Gasteiger partial charge on any atom is 0.302 e. The molecule has 2 aliphatic heterocycles. The second-order valence-electron chi connectivity index (χ2n) is 11.1. The lowest BCUT2D eigenvalue weighted by atomic mass is 9.84. The maximum absolute atomic E-state index is 12.4. The maximum atomic E-state index is 12.4. The number of allylic oxidation sites excluding steroid dienone is 2. The van der Waals surface area contributed by atoms with Gasteiger partial charge in [0, 0.05) is 32.6 Å². The highest BCUT2D eigenvalue weighted by Gasteiger charge is 2.51. The lowest BCUT2D eigenvalue weighted by Crippen LogP contribution is -2.62. The lowest BCUT2D eigenvalue weighted by molar-refractivity contribution is -0.311. The number of carbonyl (C=O) groups is 2. The molecule has 9 atom stereocenters. The molecule has 1 amide bonds. The Kier molecular flexibility index (Phi) is 12.3. The summed E-state index contributed by atoms with van der Waals surface area (Å²) in [5, 5.41) is 24.6. The van der Waals surface area contributed by atoms with E-state index in [0.29, 0.717) is 12.8 Å². The highest BCUT2D eigenvalue weighted by atomic mass is 32.1. The summed E-state index contributed by atoms with van der Waals surface area (Å²) in [6.45, 7) is 10.9. The van der Waals surface area contributed by atoms with Crippen molar-refractivity contribution in [2.24, 2.45) is 5.92 Å². The summed E-state index contributed by atoms with van der Waals surface area (Å²) in [6.07, 6.45) is 5.77. The van der Waals surface area contributed by atoms with Crippen molar-refractivity contribution >= 4 is 24.5 Å². The molecule has 2 aliphatic rings. The van der Waals surface area contributed by atoms with E-state index in [9.17, 15) is 19.8 Å². The molecule has 0 aliphatic carbocycles. The molecule has 2 rings (SSSR count). The zero-order valence-corrected chi connectivity index (χ0v) is 24.7. The van der Waals surface area contributed by atoms with E-state index < -0.39 is 23.6 Å². The molecule has 0 aromatic heterocycles. The third-order valence-electron chi connectivity index (χ3n) is 7.51. The average molecular weight is 558 g/mol. The van der Waals surface area contributed by atoms with E-state index in [2.05, 4.69) is 30.9 Å². The van der Waals surface area contributed by atoms with Gasteiger partial charge in [-0.2, -0.15) is 12.6 Å². The van der Waals surface area contributed by atoms with Crippen LogP contribution >= 0.6 is 12.6 Å². The van der Waals surface area contributed by atoms with Crippen LogP contribution in [0.1, 0.15) is 73.6 Å². The molecule has 9 nitrogen and oxygen atoms in total. The van der Waals surface area contributed by atoms with Crippen molar-refractivity contribution in [2.45, 2.75) is 122 Å². The lowest BCUT2D eigenvalue weighted by Gasteiger charge is -2.48. The Morgan fingerprint density at radius 1 is 1.29 bits per heavy atom. The molecule has 0 aromatic rings. The molecule has 0 unspecified atom stereocenters. The minimum atomic E-state index is -1.42. The van der Waals surface area contributed by atoms with Crippen molar-refractivity contribution < 1.29 is 38.7 Å². The minimum Gasteiger partial charge on any atom is -0.463 e. The molecule has 2 saturated heterocycles. The smallest absolute Gasteiger partial charge is 0.302 e. The second kappa shape index (κ2) is 14.3. The van der Waals surface area contributed by atoms with Gasteiger partial charge in [-0.3, -0.25) is 9.59 Å². The SMILES string of the molecule is CO[C@@]1(C)C[C@](O)(CS)[C@H](O)[C@@H](/C=C\C(C)=C\C[C@H]2O[C@@H](C)[C@H](NC(=O)CC[C@@H](C)OC(C)=O)C[C@@H]2C)O1. The van der Waals surface area contributed by atoms with Crippen molar-refractivity contribution in [1.29, 1.82) is 0 Å². The fourth-order valence-electron chi connectivity index (χ4n) is 5.06. The predicted octanol–water partition coefficient (Wildman–Crippen LogP) is 3.08.